The highest BCUT2D eigenvalue weighted by Crippen LogP contribution is 2.13. The molecule has 1 aliphatic rings. The molecule has 1 heterocycles. The van der Waals surface area contributed by atoms with E-state index in [2.05, 4.69) is 0 Å². The summed E-state index contributed by atoms with van der Waals surface area (Å²) in [6.45, 7) is 3.40. The molecule has 0 radical (unpaired) electrons. The molecule has 0 spiro atoms. The van der Waals surface area contributed by atoms with Crippen molar-refractivity contribution in [2.45, 2.75) is 51.4 Å². The third-order valence-electron chi connectivity index (χ3n) is 2.69. The van der Waals surface area contributed by atoms with Crippen molar-refractivity contribution in [1.82, 2.24) is 0 Å². The predicted molar refractivity (Wildman–Crippen MR) is 69.2 cm³/mol. The number of rotatable bonds is 6. The molecule has 0 saturated heterocycles. The Kier molecular flexibility index (Phi) is 6.29. The van der Waals surface area contributed by atoms with Gasteiger partial charge in [-0.3, -0.25) is 4.79 Å². The summed E-state index contributed by atoms with van der Waals surface area (Å²) in [5.41, 5.74) is 0. The summed E-state index contributed by atoms with van der Waals surface area (Å²) in [6, 6.07) is 0. The van der Waals surface area contributed by atoms with Gasteiger partial charge in [0.1, 0.15) is 18.3 Å². The second-order valence-corrected chi connectivity index (χ2v) is 4.43. The third kappa shape index (κ3) is 5.70. The first-order valence-corrected chi connectivity index (χ1v) is 6.45. The lowest BCUT2D eigenvalue weighted by atomic mass is 10.1. The minimum atomic E-state index is -0.863. The number of ether oxygens (including phenoxy) is 2. The topological polar surface area (TPSA) is 72.8 Å². The molecule has 0 saturated carbocycles. The van der Waals surface area contributed by atoms with Gasteiger partial charge in [-0.05, 0) is 31.1 Å². The molecule has 0 aromatic carbocycles. The summed E-state index contributed by atoms with van der Waals surface area (Å²) < 4.78 is 10.1. The molecule has 5 heteroatoms. The van der Waals surface area contributed by atoms with Gasteiger partial charge in [-0.1, -0.05) is 13.3 Å². The van der Waals surface area contributed by atoms with Crippen molar-refractivity contribution in [1.29, 1.82) is 0 Å². The van der Waals surface area contributed by atoms with Gasteiger partial charge in [0, 0.05) is 13.0 Å². The highest BCUT2D eigenvalue weighted by atomic mass is 16.6. The van der Waals surface area contributed by atoms with Crippen LogP contribution in [-0.2, 0) is 19.1 Å². The number of carbonyl (C=O) groups excluding carboxylic acids is 2. The van der Waals surface area contributed by atoms with Crippen LogP contribution in [0.4, 0.5) is 0 Å². The Labute approximate surface area is 112 Å². The van der Waals surface area contributed by atoms with E-state index < -0.39 is 18.2 Å². The first-order valence-electron chi connectivity index (χ1n) is 6.45. The van der Waals surface area contributed by atoms with Crippen molar-refractivity contribution in [2.75, 3.05) is 0 Å². The van der Waals surface area contributed by atoms with E-state index in [0.717, 1.165) is 12.8 Å². The van der Waals surface area contributed by atoms with E-state index in [1.165, 1.54) is 19.1 Å². The lowest BCUT2D eigenvalue weighted by molar-refractivity contribution is -0.147. The van der Waals surface area contributed by atoms with Crippen LogP contribution in [0.25, 0.3) is 0 Å². The van der Waals surface area contributed by atoms with Gasteiger partial charge in [-0.25, -0.2) is 4.79 Å². The Morgan fingerprint density at radius 1 is 1.63 bits per heavy atom. The van der Waals surface area contributed by atoms with Crippen LogP contribution in [0.15, 0.2) is 24.3 Å². The Morgan fingerprint density at radius 3 is 3.00 bits per heavy atom. The highest BCUT2D eigenvalue weighted by Gasteiger charge is 2.22. The van der Waals surface area contributed by atoms with Crippen molar-refractivity contribution in [3.05, 3.63) is 24.3 Å². The van der Waals surface area contributed by atoms with Gasteiger partial charge in [-0.2, -0.15) is 0 Å². The fraction of sp³-hybridized carbons (Fsp3) is 0.571. The predicted octanol–water partition coefficient (Wildman–Crippen LogP) is 1.51. The van der Waals surface area contributed by atoms with Crippen LogP contribution in [0.2, 0.25) is 0 Å². The molecule has 1 N–H and O–H groups in total. The number of cyclic esters (lactones) is 1. The zero-order valence-corrected chi connectivity index (χ0v) is 11.2. The molecule has 3 atom stereocenters. The Bertz CT molecular complexity index is 372. The molecular weight excluding hydrogens is 248 g/mol. The van der Waals surface area contributed by atoms with E-state index in [9.17, 15) is 14.7 Å². The van der Waals surface area contributed by atoms with Crippen molar-refractivity contribution in [2.24, 2.45) is 0 Å². The van der Waals surface area contributed by atoms with Crippen molar-refractivity contribution in [3.63, 3.8) is 0 Å². The molecule has 106 valence electrons. The Morgan fingerprint density at radius 2 is 2.37 bits per heavy atom. The van der Waals surface area contributed by atoms with Crippen LogP contribution < -0.4 is 0 Å². The van der Waals surface area contributed by atoms with Gasteiger partial charge in [0.2, 0.25) is 0 Å². The zero-order valence-electron chi connectivity index (χ0n) is 11.2. The smallest absolute Gasteiger partial charge is 0.331 e. The van der Waals surface area contributed by atoms with Crippen LogP contribution in [-0.4, -0.2) is 35.4 Å². The molecule has 1 aliphatic heterocycles. The van der Waals surface area contributed by atoms with Crippen molar-refractivity contribution >= 4 is 11.9 Å². The molecule has 0 aromatic rings. The lowest BCUT2D eigenvalue weighted by Crippen LogP contribution is -2.31. The molecule has 19 heavy (non-hydrogen) atoms. The number of unbranched alkanes of at least 4 members (excludes halogenated alkanes) is 1. The lowest BCUT2D eigenvalue weighted by Gasteiger charge is -2.21. The van der Waals surface area contributed by atoms with Crippen LogP contribution in [0, 0.1) is 0 Å². The second-order valence-electron chi connectivity index (χ2n) is 4.43. The van der Waals surface area contributed by atoms with Gasteiger partial charge >= 0.3 is 11.9 Å². The highest BCUT2D eigenvalue weighted by molar-refractivity contribution is 5.83. The number of hydrogen-bond donors (Lipinski definition) is 1. The molecular formula is C14H20O5. The molecule has 0 aliphatic carbocycles. The normalized spacial score (nSPS) is 24.3. The first kappa shape index (κ1) is 15.4. The first-order chi connectivity index (χ1) is 9.02. The molecule has 0 bridgehead atoms. The van der Waals surface area contributed by atoms with Crippen LogP contribution >= 0.6 is 0 Å². The van der Waals surface area contributed by atoms with E-state index >= 15 is 0 Å². The number of aliphatic hydroxyl groups is 1. The Hall–Kier alpha value is -1.62. The average Bonchev–Trinajstić information content (AvgIpc) is 2.36. The number of esters is 2. The van der Waals surface area contributed by atoms with Crippen molar-refractivity contribution in [3.8, 4) is 0 Å². The molecule has 5 nitrogen and oxygen atoms in total. The van der Waals surface area contributed by atoms with Crippen LogP contribution in [0.3, 0.4) is 0 Å². The fourth-order valence-corrected chi connectivity index (χ4v) is 1.73. The molecule has 0 fully saturated rings. The summed E-state index contributed by atoms with van der Waals surface area (Å²) in [4.78, 5) is 22.1. The number of carbonyl (C=O) groups is 2. The van der Waals surface area contributed by atoms with Gasteiger partial charge in [0.25, 0.3) is 0 Å². The maximum absolute atomic E-state index is 11.1. The fourth-order valence-electron chi connectivity index (χ4n) is 1.73. The summed E-state index contributed by atoms with van der Waals surface area (Å²) in [7, 11) is 0. The maximum atomic E-state index is 11.1. The van der Waals surface area contributed by atoms with E-state index in [0.29, 0.717) is 6.42 Å². The van der Waals surface area contributed by atoms with Gasteiger partial charge in [0.05, 0.1) is 0 Å². The SMILES string of the molecule is CCCC[C@H](/C=C\[C@@H]1OC(=O)C=C[C@@H]1O)OC(C)=O. The minimum absolute atomic E-state index is 0.353. The molecule has 1 rings (SSSR count). The minimum Gasteiger partial charge on any atom is -0.458 e. The van der Waals surface area contributed by atoms with E-state index in [1.807, 2.05) is 6.92 Å². The second kappa shape index (κ2) is 7.74. The van der Waals surface area contributed by atoms with E-state index in [1.54, 1.807) is 12.2 Å². The summed E-state index contributed by atoms with van der Waals surface area (Å²) >= 11 is 0. The third-order valence-corrected chi connectivity index (χ3v) is 2.69. The maximum Gasteiger partial charge on any atom is 0.331 e. The largest absolute Gasteiger partial charge is 0.458 e. The van der Waals surface area contributed by atoms with Gasteiger partial charge in [0.15, 0.2) is 0 Å². The van der Waals surface area contributed by atoms with E-state index in [-0.39, 0.29) is 12.1 Å². The number of hydrogen-bond acceptors (Lipinski definition) is 5. The molecule has 0 aromatic heterocycles. The molecule has 0 unspecified atom stereocenters. The van der Waals surface area contributed by atoms with Crippen LogP contribution in [0.1, 0.15) is 33.1 Å². The Balaban J connectivity index is 2.60. The van der Waals surface area contributed by atoms with Gasteiger partial charge < -0.3 is 14.6 Å². The van der Waals surface area contributed by atoms with Crippen LogP contribution in [0.5, 0.6) is 0 Å². The van der Waals surface area contributed by atoms with Gasteiger partial charge in [-0.15, -0.1) is 0 Å². The summed E-state index contributed by atoms with van der Waals surface area (Å²) in [6.07, 6.45) is 6.49. The number of aliphatic hydroxyl groups excluding tert-OH is 1. The summed E-state index contributed by atoms with van der Waals surface area (Å²) in [5, 5.41) is 9.63. The monoisotopic (exact) mass is 268 g/mol. The zero-order chi connectivity index (χ0) is 14.3. The van der Waals surface area contributed by atoms with E-state index in [4.69, 9.17) is 9.47 Å². The average molecular weight is 268 g/mol. The standard InChI is InChI=1S/C14H20O5/c1-3-4-5-11(18-10(2)15)6-8-13-12(16)7-9-14(17)19-13/h6-9,11-13,16H,3-5H2,1-2H3/b8-6-/t11-,12+,13+/m1/s1. The molecule has 0 amide bonds. The van der Waals surface area contributed by atoms with Crippen molar-refractivity contribution < 1.29 is 24.2 Å². The summed E-state index contributed by atoms with van der Waals surface area (Å²) in [5.74, 6) is -0.843. The quantitative estimate of drug-likeness (QED) is 0.584.